The summed E-state index contributed by atoms with van der Waals surface area (Å²) in [6.07, 6.45) is 8.50. The smallest absolute Gasteiger partial charge is 0.0973 e. The van der Waals surface area contributed by atoms with Gasteiger partial charge in [-0.2, -0.15) is 0 Å². The largest absolute Gasteiger partial charge is 0.384 e. The summed E-state index contributed by atoms with van der Waals surface area (Å²) in [7, 11) is 0. The number of rotatable bonds is 3. The Kier molecular flexibility index (Phi) is 3.53. The van der Waals surface area contributed by atoms with Crippen LogP contribution < -0.4 is 0 Å². The van der Waals surface area contributed by atoms with E-state index in [4.69, 9.17) is 0 Å². The molecule has 3 rings (SSSR count). The van der Waals surface area contributed by atoms with Gasteiger partial charge in [0.05, 0.1) is 5.60 Å². The molecule has 0 aliphatic heterocycles. The van der Waals surface area contributed by atoms with E-state index in [-0.39, 0.29) is 5.92 Å². The third kappa shape index (κ3) is 2.45. The van der Waals surface area contributed by atoms with Crippen LogP contribution in [0.1, 0.15) is 23.5 Å². The van der Waals surface area contributed by atoms with Crippen LogP contribution in [0.4, 0.5) is 0 Å². The molecule has 0 radical (unpaired) electrons. The van der Waals surface area contributed by atoms with Crippen molar-refractivity contribution in [2.45, 2.75) is 17.9 Å². The second kappa shape index (κ2) is 5.48. The average molecular weight is 262 g/mol. The van der Waals surface area contributed by atoms with E-state index in [0.29, 0.717) is 6.42 Å². The molecule has 1 atom stereocenters. The summed E-state index contributed by atoms with van der Waals surface area (Å²) >= 11 is 0. The van der Waals surface area contributed by atoms with Gasteiger partial charge < -0.3 is 5.11 Å². The third-order valence-electron chi connectivity index (χ3n) is 3.84. The maximum atomic E-state index is 11.1. The highest BCUT2D eigenvalue weighted by molar-refractivity contribution is 5.40. The molecule has 20 heavy (non-hydrogen) atoms. The van der Waals surface area contributed by atoms with E-state index in [1.165, 1.54) is 0 Å². The zero-order valence-electron chi connectivity index (χ0n) is 11.3. The van der Waals surface area contributed by atoms with E-state index in [1.807, 2.05) is 60.7 Å². The number of allylic oxidation sites excluding steroid dienone is 2. The van der Waals surface area contributed by atoms with Crippen molar-refractivity contribution in [2.24, 2.45) is 0 Å². The first kappa shape index (κ1) is 12.9. The lowest BCUT2D eigenvalue weighted by molar-refractivity contribution is 0.0752. The Balaban J connectivity index is 2.09. The van der Waals surface area contributed by atoms with Crippen LogP contribution in [0.15, 0.2) is 85.0 Å². The number of hydrogen-bond donors (Lipinski definition) is 1. The summed E-state index contributed by atoms with van der Waals surface area (Å²) in [5, 5.41) is 11.1. The average Bonchev–Trinajstić information content (AvgIpc) is 2.50. The van der Waals surface area contributed by atoms with Crippen molar-refractivity contribution in [3.8, 4) is 0 Å². The van der Waals surface area contributed by atoms with Crippen molar-refractivity contribution in [3.63, 3.8) is 0 Å². The summed E-state index contributed by atoms with van der Waals surface area (Å²) in [4.78, 5) is 0. The second-order valence-corrected chi connectivity index (χ2v) is 5.24. The standard InChI is InChI=1S/C19H18O/c20-19(14-8-3-9-15-19)18(16-10-4-1-5-11-16)17-12-6-2-7-13-17/h1-14,18,20H,15H2. The molecule has 1 heteroatoms. The molecular formula is C19H18O. The Hall–Kier alpha value is -2.12. The number of hydrogen-bond acceptors (Lipinski definition) is 1. The predicted octanol–water partition coefficient (Wildman–Crippen LogP) is 4.07. The third-order valence-corrected chi connectivity index (χ3v) is 3.84. The Bertz CT molecular complexity index is 573. The quantitative estimate of drug-likeness (QED) is 0.884. The molecule has 2 aromatic rings. The molecule has 0 saturated carbocycles. The Morgan fingerprint density at radius 1 is 0.800 bits per heavy atom. The van der Waals surface area contributed by atoms with Gasteiger partial charge >= 0.3 is 0 Å². The van der Waals surface area contributed by atoms with Crippen molar-refractivity contribution in [3.05, 3.63) is 96.1 Å². The van der Waals surface area contributed by atoms with Gasteiger partial charge in [0.2, 0.25) is 0 Å². The summed E-state index contributed by atoms with van der Waals surface area (Å²) in [6.45, 7) is 0. The minimum absolute atomic E-state index is 0.0499. The first-order valence-electron chi connectivity index (χ1n) is 6.96. The lowest BCUT2D eigenvalue weighted by atomic mass is 9.74. The van der Waals surface area contributed by atoms with Crippen molar-refractivity contribution in [1.82, 2.24) is 0 Å². The molecular weight excluding hydrogens is 244 g/mol. The van der Waals surface area contributed by atoms with E-state index in [1.54, 1.807) is 0 Å². The van der Waals surface area contributed by atoms with E-state index in [2.05, 4.69) is 24.3 Å². The van der Waals surface area contributed by atoms with Gasteiger partial charge in [-0.3, -0.25) is 0 Å². The first-order valence-corrected chi connectivity index (χ1v) is 6.96. The highest BCUT2D eigenvalue weighted by Gasteiger charge is 2.36. The Morgan fingerprint density at radius 2 is 1.35 bits per heavy atom. The van der Waals surface area contributed by atoms with E-state index in [9.17, 15) is 5.11 Å². The maximum absolute atomic E-state index is 11.1. The second-order valence-electron chi connectivity index (χ2n) is 5.24. The Morgan fingerprint density at radius 3 is 1.80 bits per heavy atom. The molecule has 1 unspecified atom stereocenters. The van der Waals surface area contributed by atoms with Gasteiger partial charge in [0.15, 0.2) is 0 Å². The zero-order chi connectivity index (χ0) is 13.8. The lowest BCUT2D eigenvalue weighted by Gasteiger charge is -2.35. The fraction of sp³-hybridized carbons (Fsp3) is 0.158. The molecule has 0 heterocycles. The first-order chi connectivity index (χ1) is 9.80. The van der Waals surface area contributed by atoms with Crippen LogP contribution in [0.2, 0.25) is 0 Å². The molecule has 1 nitrogen and oxygen atoms in total. The van der Waals surface area contributed by atoms with Gasteiger partial charge in [-0.25, -0.2) is 0 Å². The van der Waals surface area contributed by atoms with Crippen LogP contribution in [0, 0.1) is 0 Å². The molecule has 0 spiro atoms. The molecule has 0 amide bonds. The van der Waals surface area contributed by atoms with Gasteiger partial charge in [0, 0.05) is 5.92 Å². The van der Waals surface area contributed by atoms with Gasteiger partial charge in [-0.15, -0.1) is 0 Å². The molecule has 0 bridgehead atoms. The fourth-order valence-corrected chi connectivity index (χ4v) is 2.90. The summed E-state index contributed by atoms with van der Waals surface area (Å²) in [5.41, 5.74) is 1.42. The molecule has 0 aromatic heterocycles. The van der Waals surface area contributed by atoms with Crippen LogP contribution in [0.3, 0.4) is 0 Å². The van der Waals surface area contributed by atoms with Crippen LogP contribution in [-0.2, 0) is 0 Å². The van der Waals surface area contributed by atoms with Gasteiger partial charge in [0.25, 0.3) is 0 Å². The van der Waals surface area contributed by atoms with Crippen LogP contribution in [-0.4, -0.2) is 10.7 Å². The van der Waals surface area contributed by atoms with Crippen molar-refractivity contribution >= 4 is 0 Å². The highest BCUT2D eigenvalue weighted by Crippen LogP contribution is 2.39. The highest BCUT2D eigenvalue weighted by atomic mass is 16.3. The maximum Gasteiger partial charge on any atom is 0.0973 e. The molecule has 2 aromatic carbocycles. The predicted molar refractivity (Wildman–Crippen MR) is 82.6 cm³/mol. The van der Waals surface area contributed by atoms with Crippen LogP contribution >= 0.6 is 0 Å². The zero-order valence-corrected chi connectivity index (χ0v) is 11.3. The van der Waals surface area contributed by atoms with Crippen molar-refractivity contribution in [2.75, 3.05) is 0 Å². The van der Waals surface area contributed by atoms with Gasteiger partial charge in [-0.1, -0.05) is 85.0 Å². The molecule has 0 saturated heterocycles. The van der Waals surface area contributed by atoms with E-state index < -0.39 is 5.60 Å². The Labute approximate surface area is 119 Å². The minimum atomic E-state index is -0.864. The topological polar surface area (TPSA) is 20.2 Å². The normalized spacial score (nSPS) is 21.3. The van der Waals surface area contributed by atoms with Crippen molar-refractivity contribution < 1.29 is 5.11 Å². The summed E-state index contributed by atoms with van der Waals surface area (Å²) < 4.78 is 0. The van der Waals surface area contributed by atoms with Gasteiger partial charge in [-0.05, 0) is 17.5 Å². The number of aliphatic hydroxyl groups is 1. The summed E-state index contributed by atoms with van der Waals surface area (Å²) in [5.74, 6) is -0.0499. The summed E-state index contributed by atoms with van der Waals surface area (Å²) in [6, 6.07) is 20.5. The van der Waals surface area contributed by atoms with Gasteiger partial charge in [0.1, 0.15) is 0 Å². The molecule has 1 aliphatic rings. The molecule has 0 fully saturated rings. The van der Waals surface area contributed by atoms with E-state index in [0.717, 1.165) is 11.1 Å². The van der Waals surface area contributed by atoms with Crippen molar-refractivity contribution in [1.29, 1.82) is 0 Å². The fourth-order valence-electron chi connectivity index (χ4n) is 2.90. The SMILES string of the molecule is OC1(C(c2ccccc2)c2ccccc2)C=CC=CC1. The minimum Gasteiger partial charge on any atom is -0.384 e. The van der Waals surface area contributed by atoms with Crippen LogP contribution in [0.5, 0.6) is 0 Å². The lowest BCUT2D eigenvalue weighted by Crippen LogP contribution is -2.35. The molecule has 100 valence electrons. The van der Waals surface area contributed by atoms with E-state index >= 15 is 0 Å². The van der Waals surface area contributed by atoms with Crippen LogP contribution in [0.25, 0.3) is 0 Å². The molecule has 1 N–H and O–H groups in total. The monoisotopic (exact) mass is 262 g/mol. The number of benzene rings is 2. The molecule has 1 aliphatic carbocycles.